The molecular weight excluding hydrogens is 350 g/mol. The van der Waals surface area contributed by atoms with Gasteiger partial charge in [-0.3, -0.25) is 4.40 Å². The molecule has 134 valence electrons. The molecule has 0 radical (unpaired) electrons. The lowest BCUT2D eigenvalue weighted by atomic mass is 9.95. The molecule has 1 aliphatic carbocycles. The number of carboxylic acid groups (broad SMARTS) is 1. The van der Waals surface area contributed by atoms with Gasteiger partial charge < -0.3 is 10.4 Å². The van der Waals surface area contributed by atoms with E-state index in [-0.39, 0.29) is 5.56 Å². The maximum Gasteiger partial charge on any atom is 0.339 e. The van der Waals surface area contributed by atoms with E-state index in [1.807, 2.05) is 34.9 Å². The second-order valence-corrected chi connectivity index (χ2v) is 7.16. The van der Waals surface area contributed by atoms with Gasteiger partial charge in [0.1, 0.15) is 17.1 Å². The number of pyridine rings is 1. The van der Waals surface area contributed by atoms with Gasteiger partial charge in [0.05, 0.1) is 0 Å². The molecule has 1 aromatic carbocycles. The normalized spacial score (nSPS) is 15.3. The number of aromatic nitrogens is 2. The first-order valence-electron chi connectivity index (χ1n) is 8.90. The summed E-state index contributed by atoms with van der Waals surface area (Å²) in [6.45, 7) is 0. The van der Waals surface area contributed by atoms with Crippen LogP contribution in [0.25, 0.3) is 16.9 Å². The molecule has 2 aromatic heterocycles. The zero-order valence-corrected chi connectivity index (χ0v) is 15.0. The van der Waals surface area contributed by atoms with Crippen LogP contribution in [0, 0.1) is 0 Å². The third-order valence-electron chi connectivity index (χ3n) is 4.92. The van der Waals surface area contributed by atoms with Crippen molar-refractivity contribution in [2.75, 3.05) is 5.32 Å². The number of fused-ring (bicyclic) bond motifs is 1. The highest BCUT2D eigenvalue weighted by Crippen LogP contribution is 2.33. The van der Waals surface area contributed by atoms with Crippen molar-refractivity contribution >= 4 is 29.0 Å². The van der Waals surface area contributed by atoms with E-state index in [9.17, 15) is 9.90 Å². The van der Waals surface area contributed by atoms with Crippen LogP contribution in [-0.2, 0) is 0 Å². The molecule has 2 heterocycles. The van der Waals surface area contributed by atoms with E-state index in [1.54, 1.807) is 12.1 Å². The molecule has 0 unspecified atom stereocenters. The van der Waals surface area contributed by atoms with Crippen molar-refractivity contribution in [2.24, 2.45) is 0 Å². The molecular formula is C20H20ClN3O2. The number of halogens is 1. The fourth-order valence-electron chi connectivity index (χ4n) is 3.65. The summed E-state index contributed by atoms with van der Waals surface area (Å²) < 4.78 is 1.84. The first-order valence-corrected chi connectivity index (χ1v) is 9.28. The summed E-state index contributed by atoms with van der Waals surface area (Å²) in [6.07, 6.45) is 7.77. The lowest BCUT2D eigenvalue weighted by Gasteiger charge is -2.24. The summed E-state index contributed by atoms with van der Waals surface area (Å²) in [6, 6.07) is 11.2. The van der Waals surface area contributed by atoms with Crippen LogP contribution in [0.3, 0.4) is 0 Å². The number of carboxylic acids is 1. The van der Waals surface area contributed by atoms with Gasteiger partial charge in [-0.25, -0.2) is 9.78 Å². The van der Waals surface area contributed by atoms with E-state index in [0.29, 0.717) is 16.7 Å². The highest BCUT2D eigenvalue weighted by atomic mass is 35.5. The van der Waals surface area contributed by atoms with Crippen molar-refractivity contribution in [3.05, 3.63) is 53.2 Å². The Balaban J connectivity index is 1.89. The lowest BCUT2D eigenvalue weighted by Crippen LogP contribution is -2.23. The molecule has 5 nitrogen and oxygen atoms in total. The summed E-state index contributed by atoms with van der Waals surface area (Å²) in [5.41, 5.74) is 2.23. The smallest absolute Gasteiger partial charge is 0.339 e. The van der Waals surface area contributed by atoms with Crippen molar-refractivity contribution in [2.45, 2.75) is 38.1 Å². The minimum absolute atomic E-state index is 0.187. The van der Waals surface area contributed by atoms with E-state index in [2.05, 4.69) is 10.3 Å². The van der Waals surface area contributed by atoms with Crippen LogP contribution in [0.4, 0.5) is 5.82 Å². The quantitative estimate of drug-likeness (QED) is 0.671. The first-order chi connectivity index (χ1) is 12.6. The highest BCUT2D eigenvalue weighted by Gasteiger charge is 2.22. The molecule has 6 heteroatoms. The monoisotopic (exact) mass is 369 g/mol. The summed E-state index contributed by atoms with van der Waals surface area (Å²) in [5.74, 6) is -0.153. The average molecular weight is 370 g/mol. The van der Waals surface area contributed by atoms with Crippen LogP contribution < -0.4 is 5.32 Å². The second-order valence-electron chi connectivity index (χ2n) is 6.72. The number of carbonyl (C=O) groups is 1. The van der Waals surface area contributed by atoms with Crippen molar-refractivity contribution in [1.29, 1.82) is 0 Å². The summed E-state index contributed by atoms with van der Waals surface area (Å²) in [5, 5.41) is 13.8. The molecule has 0 aliphatic heterocycles. The Kier molecular flexibility index (Phi) is 4.55. The number of benzene rings is 1. The number of aromatic carboxylic acids is 1. The van der Waals surface area contributed by atoms with Gasteiger partial charge in [0.15, 0.2) is 5.65 Å². The maximum atomic E-state index is 11.6. The Bertz CT molecular complexity index is 961. The number of nitrogens with zero attached hydrogens (tertiary/aromatic N) is 2. The maximum absolute atomic E-state index is 11.6. The van der Waals surface area contributed by atoms with Crippen LogP contribution in [0.5, 0.6) is 0 Å². The Morgan fingerprint density at radius 2 is 2.00 bits per heavy atom. The van der Waals surface area contributed by atoms with Gasteiger partial charge in [-0.05, 0) is 37.1 Å². The molecule has 0 bridgehead atoms. The van der Waals surface area contributed by atoms with Crippen molar-refractivity contribution in [1.82, 2.24) is 9.38 Å². The van der Waals surface area contributed by atoms with Gasteiger partial charge in [0, 0.05) is 22.8 Å². The zero-order chi connectivity index (χ0) is 18.1. The molecule has 0 spiro atoms. The summed E-state index contributed by atoms with van der Waals surface area (Å²) in [4.78, 5) is 16.3. The number of nitrogens with one attached hydrogen (secondary N) is 1. The third-order valence-corrected chi connectivity index (χ3v) is 5.16. The van der Waals surface area contributed by atoms with Gasteiger partial charge in [0.2, 0.25) is 0 Å². The average Bonchev–Trinajstić information content (AvgIpc) is 3.01. The molecule has 1 saturated carbocycles. The van der Waals surface area contributed by atoms with E-state index in [0.717, 1.165) is 29.9 Å². The van der Waals surface area contributed by atoms with E-state index in [1.165, 1.54) is 19.3 Å². The molecule has 0 atom stereocenters. The number of hydrogen-bond acceptors (Lipinski definition) is 3. The summed E-state index contributed by atoms with van der Waals surface area (Å²) >= 11 is 6.17. The molecule has 1 aliphatic rings. The van der Waals surface area contributed by atoms with Crippen LogP contribution >= 0.6 is 11.6 Å². The fraction of sp³-hybridized carbons (Fsp3) is 0.300. The van der Waals surface area contributed by atoms with Crippen molar-refractivity contribution < 1.29 is 9.90 Å². The Morgan fingerprint density at radius 1 is 1.19 bits per heavy atom. The van der Waals surface area contributed by atoms with Crippen LogP contribution in [0.2, 0.25) is 5.02 Å². The van der Waals surface area contributed by atoms with E-state index in [4.69, 9.17) is 11.6 Å². The van der Waals surface area contributed by atoms with E-state index < -0.39 is 5.97 Å². The van der Waals surface area contributed by atoms with Gasteiger partial charge in [-0.2, -0.15) is 0 Å². The second kappa shape index (κ2) is 7.00. The van der Waals surface area contributed by atoms with Crippen LogP contribution in [-0.4, -0.2) is 26.5 Å². The van der Waals surface area contributed by atoms with Gasteiger partial charge >= 0.3 is 5.97 Å². The van der Waals surface area contributed by atoms with Crippen LogP contribution in [0.15, 0.2) is 42.6 Å². The minimum Gasteiger partial charge on any atom is -0.478 e. The lowest BCUT2D eigenvalue weighted by molar-refractivity contribution is 0.0698. The predicted octanol–water partition coefficient (Wildman–Crippen LogP) is 5.10. The number of imidazole rings is 1. The molecule has 1 fully saturated rings. The van der Waals surface area contributed by atoms with Crippen molar-refractivity contribution in [3.63, 3.8) is 0 Å². The predicted molar refractivity (Wildman–Crippen MR) is 103 cm³/mol. The number of rotatable bonds is 4. The standard InChI is InChI=1S/C20H20ClN3O2/c21-14-7-4-6-13(12-14)17-19(22-15-8-2-1-3-9-15)24-11-5-10-16(20(25)26)18(24)23-17/h4-7,10-12,15,22H,1-3,8-9H2,(H,25,26). The number of hydrogen-bond donors (Lipinski definition) is 2. The third kappa shape index (κ3) is 3.15. The van der Waals surface area contributed by atoms with Gasteiger partial charge in [-0.1, -0.05) is 43.0 Å². The molecule has 3 aromatic rings. The summed E-state index contributed by atoms with van der Waals surface area (Å²) in [7, 11) is 0. The Hall–Kier alpha value is -2.53. The molecule has 0 saturated heterocycles. The fourth-order valence-corrected chi connectivity index (χ4v) is 3.84. The highest BCUT2D eigenvalue weighted by molar-refractivity contribution is 6.30. The van der Waals surface area contributed by atoms with Crippen LogP contribution in [0.1, 0.15) is 42.5 Å². The zero-order valence-electron chi connectivity index (χ0n) is 14.3. The minimum atomic E-state index is -0.984. The van der Waals surface area contributed by atoms with Gasteiger partial charge in [0.25, 0.3) is 0 Å². The van der Waals surface area contributed by atoms with E-state index >= 15 is 0 Å². The van der Waals surface area contributed by atoms with Crippen molar-refractivity contribution in [3.8, 4) is 11.3 Å². The first kappa shape index (κ1) is 16.9. The Morgan fingerprint density at radius 3 is 2.73 bits per heavy atom. The molecule has 4 rings (SSSR count). The topological polar surface area (TPSA) is 66.6 Å². The largest absolute Gasteiger partial charge is 0.478 e. The SMILES string of the molecule is O=C(O)c1cccn2c(NC3CCCCC3)c(-c3cccc(Cl)c3)nc12. The van der Waals surface area contributed by atoms with Gasteiger partial charge in [-0.15, -0.1) is 0 Å². The molecule has 26 heavy (non-hydrogen) atoms. The molecule has 2 N–H and O–H groups in total. The molecule has 0 amide bonds. The number of anilines is 1. The Labute approximate surface area is 156 Å².